The molecule has 0 bridgehead atoms. The van der Waals surface area contributed by atoms with Crippen LogP contribution in [0.5, 0.6) is 0 Å². The van der Waals surface area contributed by atoms with Crippen molar-refractivity contribution in [3.63, 3.8) is 0 Å². The Morgan fingerprint density at radius 1 is 1.00 bits per heavy atom. The highest BCUT2D eigenvalue weighted by molar-refractivity contribution is 5.25. The van der Waals surface area contributed by atoms with Gasteiger partial charge in [0.05, 0.1) is 6.10 Å². The second-order valence-electron chi connectivity index (χ2n) is 5.57. The van der Waals surface area contributed by atoms with Crippen molar-refractivity contribution < 1.29 is 5.11 Å². The monoisotopic (exact) mass is 277 g/mol. The lowest BCUT2D eigenvalue weighted by Gasteiger charge is -2.23. The zero-order valence-corrected chi connectivity index (χ0v) is 13.4. The van der Waals surface area contributed by atoms with E-state index in [0.29, 0.717) is 0 Å². The molecule has 2 heteroatoms. The topological polar surface area (TPSA) is 32.3 Å². The van der Waals surface area contributed by atoms with Crippen LogP contribution in [0, 0.1) is 0 Å². The molecule has 1 aromatic rings. The summed E-state index contributed by atoms with van der Waals surface area (Å²) in [5.41, 5.74) is 2.34. The van der Waals surface area contributed by atoms with Crippen LogP contribution in [-0.4, -0.2) is 17.7 Å². The van der Waals surface area contributed by atoms with Gasteiger partial charge in [0, 0.05) is 6.04 Å². The molecule has 0 radical (unpaired) electrons. The van der Waals surface area contributed by atoms with Crippen LogP contribution in [0.25, 0.3) is 0 Å². The molecule has 1 aromatic carbocycles. The molecule has 20 heavy (non-hydrogen) atoms. The van der Waals surface area contributed by atoms with Gasteiger partial charge in [-0.3, -0.25) is 0 Å². The standard InChI is InChI=1S/C18H31NO/c1-4-7-8-9-14-19-17(6-3)18(20)16-12-10-15(5-2)11-13-16/h10-13,17-20H,4-9,14H2,1-3H3. The summed E-state index contributed by atoms with van der Waals surface area (Å²) in [6, 6.07) is 8.51. The molecule has 0 aliphatic carbocycles. The Bertz CT molecular complexity index is 347. The number of nitrogens with one attached hydrogen (secondary N) is 1. The van der Waals surface area contributed by atoms with E-state index in [0.717, 1.165) is 24.9 Å². The van der Waals surface area contributed by atoms with Gasteiger partial charge in [-0.25, -0.2) is 0 Å². The van der Waals surface area contributed by atoms with Crippen LogP contribution in [0.1, 0.15) is 70.1 Å². The van der Waals surface area contributed by atoms with Gasteiger partial charge in [0.2, 0.25) is 0 Å². The summed E-state index contributed by atoms with van der Waals surface area (Å²) >= 11 is 0. The molecule has 2 nitrogen and oxygen atoms in total. The van der Waals surface area contributed by atoms with Crippen LogP contribution < -0.4 is 5.32 Å². The summed E-state index contributed by atoms with van der Waals surface area (Å²) < 4.78 is 0. The van der Waals surface area contributed by atoms with Gasteiger partial charge in [0.1, 0.15) is 0 Å². The van der Waals surface area contributed by atoms with Gasteiger partial charge in [-0.15, -0.1) is 0 Å². The average Bonchev–Trinajstić information content (AvgIpc) is 2.50. The predicted octanol–water partition coefficient (Wildman–Crippen LogP) is 4.23. The summed E-state index contributed by atoms with van der Waals surface area (Å²) in [4.78, 5) is 0. The zero-order valence-electron chi connectivity index (χ0n) is 13.4. The van der Waals surface area contributed by atoms with E-state index >= 15 is 0 Å². The molecule has 0 saturated heterocycles. The highest BCUT2D eigenvalue weighted by Gasteiger charge is 2.18. The molecule has 2 N–H and O–H groups in total. The molecular formula is C18H31NO. The van der Waals surface area contributed by atoms with Crippen molar-refractivity contribution in [2.75, 3.05) is 6.54 Å². The first-order chi connectivity index (χ1) is 9.72. The molecular weight excluding hydrogens is 246 g/mol. The van der Waals surface area contributed by atoms with E-state index in [1.807, 2.05) is 0 Å². The van der Waals surface area contributed by atoms with Crippen molar-refractivity contribution in [2.24, 2.45) is 0 Å². The van der Waals surface area contributed by atoms with E-state index in [-0.39, 0.29) is 6.04 Å². The first-order valence-electron chi connectivity index (χ1n) is 8.23. The van der Waals surface area contributed by atoms with Gasteiger partial charge in [0.25, 0.3) is 0 Å². The Morgan fingerprint density at radius 2 is 1.70 bits per heavy atom. The van der Waals surface area contributed by atoms with E-state index in [1.54, 1.807) is 0 Å². The van der Waals surface area contributed by atoms with E-state index < -0.39 is 6.10 Å². The Kier molecular flexibility index (Phi) is 8.56. The van der Waals surface area contributed by atoms with Crippen LogP contribution in [0.15, 0.2) is 24.3 Å². The number of benzene rings is 1. The molecule has 0 aliphatic rings. The lowest BCUT2D eigenvalue weighted by Crippen LogP contribution is -2.35. The molecule has 0 aliphatic heterocycles. The zero-order chi connectivity index (χ0) is 14.8. The molecule has 114 valence electrons. The van der Waals surface area contributed by atoms with Crippen molar-refractivity contribution in [3.05, 3.63) is 35.4 Å². The summed E-state index contributed by atoms with van der Waals surface area (Å²) in [6.45, 7) is 7.51. The third-order valence-corrected chi connectivity index (χ3v) is 3.99. The minimum absolute atomic E-state index is 0.157. The number of aryl methyl sites for hydroxylation is 1. The maximum atomic E-state index is 10.5. The van der Waals surface area contributed by atoms with Gasteiger partial charge < -0.3 is 10.4 Å². The molecule has 2 atom stereocenters. The fourth-order valence-electron chi connectivity index (χ4n) is 2.50. The Hall–Kier alpha value is -0.860. The number of unbranched alkanes of at least 4 members (excludes halogenated alkanes) is 3. The van der Waals surface area contributed by atoms with Crippen LogP contribution in [0.4, 0.5) is 0 Å². The van der Waals surface area contributed by atoms with Crippen LogP contribution in [0.2, 0.25) is 0 Å². The number of aliphatic hydroxyl groups excluding tert-OH is 1. The fourth-order valence-corrected chi connectivity index (χ4v) is 2.50. The summed E-state index contributed by atoms with van der Waals surface area (Å²) in [7, 11) is 0. The molecule has 0 saturated carbocycles. The van der Waals surface area contributed by atoms with Crippen LogP contribution in [-0.2, 0) is 6.42 Å². The minimum Gasteiger partial charge on any atom is -0.387 e. The number of hydrogen-bond donors (Lipinski definition) is 2. The normalized spacial score (nSPS) is 14.2. The van der Waals surface area contributed by atoms with Gasteiger partial charge in [-0.1, -0.05) is 64.3 Å². The quantitative estimate of drug-likeness (QED) is 0.627. The highest BCUT2D eigenvalue weighted by Crippen LogP contribution is 2.19. The Balaban J connectivity index is 2.46. The molecule has 0 fully saturated rings. The van der Waals surface area contributed by atoms with Crippen molar-refractivity contribution in [1.82, 2.24) is 5.32 Å². The Morgan fingerprint density at radius 3 is 2.25 bits per heavy atom. The second-order valence-corrected chi connectivity index (χ2v) is 5.57. The summed E-state index contributed by atoms with van der Waals surface area (Å²) in [5.74, 6) is 0. The molecule has 1 rings (SSSR count). The summed E-state index contributed by atoms with van der Waals surface area (Å²) in [6.07, 6.45) is 6.64. The maximum absolute atomic E-state index is 10.5. The first-order valence-corrected chi connectivity index (χ1v) is 8.23. The SMILES string of the molecule is CCCCCCNC(CC)C(O)c1ccc(CC)cc1. The predicted molar refractivity (Wildman–Crippen MR) is 87.0 cm³/mol. The highest BCUT2D eigenvalue weighted by atomic mass is 16.3. The van der Waals surface area contributed by atoms with Gasteiger partial charge >= 0.3 is 0 Å². The van der Waals surface area contributed by atoms with Crippen molar-refractivity contribution in [2.45, 2.75) is 71.4 Å². The number of rotatable bonds is 10. The largest absolute Gasteiger partial charge is 0.387 e. The smallest absolute Gasteiger partial charge is 0.0942 e. The molecule has 0 aromatic heterocycles. The third-order valence-electron chi connectivity index (χ3n) is 3.99. The molecule has 0 heterocycles. The average molecular weight is 277 g/mol. The van der Waals surface area contributed by atoms with Gasteiger partial charge in [-0.2, -0.15) is 0 Å². The Labute approximate surface area is 124 Å². The van der Waals surface area contributed by atoms with Crippen molar-refractivity contribution >= 4 is 0 Å². The molecule has 2 unspecified atom stereocenters. The van der Waals surface area contributed by atoms with E-state index in [1.165, 1.54) is 31.2 Å². The van der Waals surface area contributed by atoms with Crippen LogP contribution >= 0.6 is 0 Å². The van der Waals surface area contributed by atoms with Crippen molar-refractivity contribution in [1.29, 1.82) is 0 Å². The first kappa shape index (κ1) is 17.2. The van der Waals surface area contributed by atoms with Gasteiger partial charge in [-0.05, 0) is 36.9 Å². The van der Waals surface area contributed by atoms with Crippen molar-refractivity contribution in [3.8, 4) is 0 Å². The second kappa shape index (κ2) is 9.95. The number of hydrogen-bond acceptors (Lipinski definition) is 2. The van der Waals surface area contributed by atoms with E-state index in [9.17, 15) is 5.11 Å². The van der Waals surface area contributed by atoms with Crippen LogP contribution in [0.3, 0.4) is 0 Å². The van der Waals surface area contributed by atoms with E-state index in [4.69, 9.17) is 0 Å². The van der Waals surface area contributed by atoms with Gasteiger partial charge in [0.15, 0.2) is 0 Å². The number of aliphatic hydroxyl groups is 1. The molecule has 0 spiro atoms. The lowest BCUT2D eigenvalue weighted by molar-refractivity contribution is 0.126. The maximum Gasteiger partial charge on any atom is 0.0942 e. The summed E-state index contributed by atoms with van der Waals surface area (Å²) in [5, 5.41) is 14.0. The third kappa shape index (κ3) is 5.64. The molecule has 0 amide bonds. The fraction of sp³-hybridized carbons (Fsp3) is 0.667. The van der Waals surface area contributed by atoms with E-state index in [2.05, 4.69) is 50.4 Å². The minimum atomic E-state index is -0.405. The lowest BCUT2D eigenvalue weighted by atomic mass is 9.98.